The normalized spacial score (nSPS) is 18.4. The zero-order valence-electron chi connectivity index (χ0n) is 25.2. The van der Waals surface area contributed by atoms with Crippen LogP contribution in [-0.2, 0) is 17.5 Å². The van der Waals surface area contributed by atoms with Crippen molar-refractivity contribution in [2.24, 2.45) is 17.8 Å². The molecule has 0 spiro atoms. The minimum absolute atomic E-state index is 0.125. The van der Waals surface area contributed by atoms with Crippen molar-refractivity contribution in [3.8, 4) is 0 Å². The molecule has 1 amide bonds. The van der Waals surface area contributed by atoms with E-state index in [1.807, 2.05) is 45.0 Å². The van der Waals surface area contributed by atoms with Gasteiger partial charge in [-0.25, -0.2) is 0 Å². The third kappa shape index (κ3) is 10.8. The molecule has 4 nitrogen and oxygen atoms in total. The van der Waals surface area contributed by atoms with E-state index in [9.17, 15) is 18.0 Å². The number of halogens is 4. The number of aryl methyl sites for hydroxylation is 1. The predicted molar refractivity (Wildman–Crippen MR) is 159 cm³/mol. The van der Waals surface area contributed by atoms with Crippen LogP contribution in [0.5, 0.6) is 0 Å². The van der Waals surface area contributed by atoms with Crippen LogP contribution in [0.1, 0.15) is 109 Å². The van der Waals surface area contributed by atoms with Crippen LogP contribution in [0.2, 0.25) is 5.02 Å². The van der Waals surface area contributed by atoms with Crippen molar-refractivity contribution in [1.29, 1.82) is 0 Å². The van der Waals surface area contributed by atoms with Gasteiger partial charge in [0, 0.05) is 24.0 Å². The molecule has 0 N–H and O–H groups in total. The first-order valence-electron chi connectivity index (χ1n) is 15.2. The van der Waals surface area contributed by atoms with Crippen LogP contribution < -0.4 is 0 Å². The van der Waals surface area contributed by atoms with Crippen molar-refractivity contribution in [3.63, 3.8) is 0 Å². The van der Waals surface area contributed by atoms with Gasteiger partial charge >= 0.3 is 6.18 Å². The smallest absolute Gasteiger partial charge is 0.341 e. The number of nitrogens with zero attached hydrogens (tertiary/aromatic N) is 3. The molecule has 1 aliphatic heterocycles. The van der Waals surface area contributed by atoms with Crippen LogP contribution in [0.15, 0.2) is 30.3 Å². The first-order chi connectivity index (χ1) is 19.0. The number of alkyl halides is 3. The molecule has 1 saturated heterocycles. The molecule has 40 heavy (non-hydrogen) atoms. The van der Waals surface area contributed by atoms with Gasteiger partial charge in [-0.3, -0.25) is 9.48 Å². The number of benzene rings is 1. The minimum atomic E-state index is -4.49. The molecule has 1 aliphatic carbocycles. The maximum absolute atomic E-state index is 13.4. The molecular formula is C32H49ClF3N3O. The molecule has 1 saturated carbocycles. The van der Waals surface area contributed by atoms with Gasteiger partial charge < -0.3 is 4.90 Å². The summed E-state index contributed by atoms with van der Waals surface area (Å²) < 4.78 is 41.0. The fraction of sp³-hybridized carbons (Fsp3) is 0.688. The van der Waals surface area contributed by atoms with Crippen molar-refractivity contribution >= 4 is 17.5 Å². The highest BCUT2D eigenvalue weighted by Gasteiger charge is 2.39. The van der Waals surface area contributed by atoms with Gasteiger partial charge in [-0.05, 0) is 68.1 Å². The maximum atomic E-state index is 13.4. The third-order valence-electron chi connectivity index (χ3n) is 8.09. The van der Waals surface area contributed by atoms with E-state index in [2.05, 4.69) is 25.9 Å². The van der Waals surface area contributed by atoms with Gasteiger partial charge in [0.2, 0.25) is 5.91 Å². The first-order valence-corrected chi connectivity index (χ1v) is 15.5. The second-order valence-electron chi connectivity index (χ2n) is 11.2. The molecule has 1 aromatic carbocycles. The molecule has 8 heteroatoms. The van der Waals surface area contributed by atoms with Crippen LogP contribution in [0.4, 0.5) is 13.2 Å². The Kier molecular flexibility index (Phi) is 14.0. The Labute approximate surface area is 244 Å². The molecule has 2 aromatic rings. The Morgan fingerprint density at radius 1 is 1.10 bits per heavy atom. The van der Waals surface area contributed by atoms with Gasteiger partial charge in [-0.2, -0.15) is 18.3 Å². The summed E-state index contributed by atoms with van der Waals surface area (Å²) in [4.78, 5) is 14.5. The molecule has 3 atom stereocenters. The quantitative estimate of drug-likeness (QED) is 0.279. The Hall–Kier alpha value is -2.02. The Balaban J connectivity index is 0.000000475. The van der Waals surface area contributed by atoms with E-state index in [-0.39, 0.29) is 18.4 Å². The molecule has 2 aliphatic rings. The number of amides is 1. The lowest BCUT2D eigenvalue weighted by Crippen LogP contribution is -2.33. The van der Waals surface area contributed by atoms with Gasteiger partial charge in [0.25, 0.3) is 0 Å². The number of rotatable bonds is 10. The predicted octanol–water partition coefficient (Wildman–Crippen LogP) is 9.55. The van der Waals surface area contributed by atoms with Crippen LogP contribution in [0, 0.1) is 24.7 Å². The monoisotopic (exact) mass is 583 g/mol. The molecule has 4 rings (SSSR count). The molecule has 226 valence electrons. The fourth-order valence-electron chi connectivity index (χ4n) is 5.08. The molecular weight excluding hydrogens is 535 g/mol. The van der Waals surface area contributed by atoms with E-state index < -0.39 is 11.9 Å². The Morgan fingerprint density at radius 2 is 1.77 bits per heavy atom. The van der Waals surface area contributed by atoms with E-state index >= 15 is 0 Å². The SMILES string of the molecule is CC.CCC(C)CCC(CC)C[C@H]1CCN(C(=O)Cn2nc(C3CC3)cc2C(F)(F)F)C1.Cc1ccccc1Cl. The molecule has 0 bridgehead atoms. The lowest BCUT2D eigenvalue weighted by Gasteiger charge is -2.22. The summed E-state index contributed by atoms with van der Waals surface area (Å²) in [5.74, 6) is 1.75. The van der Waals surface area contributed by atoms with Crippen LogP contribution in [0.25, 0.3) is 0 Å². The Morgan fingerprint density at radius 3 is 2.30 bits per heavy atom. The summed E-state index contributed by atoms with van der Waals surface area (Å²) >= 11 is 5.71. The van der Waals surface area contributed by atoms with Crippen LogP contribution in [-0.4, -0.2) is 33.7 Å². The van der Waals surface area contributed by atoms with Crippen LogP contribution in [0.3, 0.4) is 0 Å². The highest BCUT2D eigenvalue weighted by molar-refractivity contribution is 6.31. The fourth-order valence-corrected chi connectivity index (χ4v) is 5.21. The highest BCUT2D eigenvalue weighted by atomic mass is 35.5. The number of carbonyl (C=O) groups is 1. The van der Waals surface area contributed by atoms with Gasteiger partial charge in [0.1, 0.15) is 12.2 Å². The van der Waals surface area contributed by atoms with E-state index in [0.29, 0.717) is 30.6 Å². The maximum Gasteiger partial charge on any atom is 0.433 e. The minimum Gasteiger partial charge on any atom is -0.341 e. The average Bonchev–Trinajstić information content (AvgIpc) is 3.52. The third-order valence-corrected chi connectivity index (χ3v) is 8.52. The van der Waals surface area contributed by atoms with Crippen molar-refractivity contribution in [3.05, 3.63) is 52.3 Å². The van der Waals surface area contributed by atoms with E-state index in [0.717, 1.165) is 59.4 Å². The van der Waals surface area contributed by atoms with Gasteiger partial charge in [-0.15, -0.1) is 0 Å². The summed E-state index contributed by atoms with van der Waals surface area (Å²) in [5, 5.41) is 4.97. The number of hydrogen-bond acceptors (Lipinski definition) is 2. The van der Waals surface area contributed by atoms with Crippen molar-refractivity contribution in [1.82, 2.24) is 14.7 Å². The largest absolute Gasteiger partial charge is 0.433 e. The highest BCUT2D eigenvalue weighted by Crippen LogP contribution is 2.41. The second kappa shape index (κ2) is 16.4. The zero-order chi connectivity index (χ0) is 29.9. The number of carbonyl (C=O) groups excluding carboxylic acids is 1. The summed E-state index contributed by atoms with van der Waals surface area (Å²) in [6.45, 7) is 13.7. The second-order valence-corrected chi connectivity index (χ2v) is 11.6. The zero-order valence-corrected chi connectivity index (χ0v) is 26.0. The lowest BCUT2D eigenvalue weighted by atomic mass is 9.86. The van der Waals surface area contributed by atoms with Gasteiger partial charge in [0.05, 0.1) is 5.69 Å². The van der Waals surface area contributed by atoms with Gasteiger partial charge in [-0.1, -0.05) is 90.1 Å². The lowest BCUT2D eigenvalue weighted by molar-refractivity contribution is -0.145. The molecule has 2 fully saturated rings. The molecule has 1 aromatic heterocycles. The average molecular weight is 584 g/mol. The molecule has 2 heterocycles. The van der Waals surface area contributed by atoms with Crippen molar-refractivity contribution < 1.29 is 18.0 Å². The Bertz CT molecular complexity index is 1010. The van der Waals surface area contributed by atoms with E-state index in [4.69, 9.17) is 11.6 Å². The first kappa shape index (κ1) is 34.2. The van der Waals surface area contributed by atoms with Gasteiger partial charge in [0.15, 0.2) is 0 Å². The molecule has 2 unspecified atom stereocenters. The summed E-state index contributed by atoms with van der Waals surface area (Å²) in [5.41, 5.74) is 0.806. The van der Waals surface area contributed by atoms with E-state index in [1.165, 1.54) is 19.3 Å². The van der Waals surface area contributed by atoms with Crippen LogP contribution >= 0.6 is 11.6 Å². The number of likely N-dealkylation sites (tertiary alicyclic amines) is 1. The summed E-state index contributed by atoms with van der Waals surface area (Å²) in [6, 6.07) is 8.90. The van der Waals surface area contributed by atoms with E-state index in [1.54, 1.807) is 4.90 Å². The number of hydrogen-bond donors (Lipinski definition) is 0. The standard InChI is InChI=1S/C23H36F3N3O.C7H7Cl.C2H6/c1-4-16(3)6-7-17(5-2)12-18-10-11-28(14-18)22(30)15-29-21(23(24,25)26)13-20(27-29)19-8-9-19;1-6-4-2-3-5-7(6)8;1-2/h13,16-19H,4-12,14-15H2,1-3H3;2-5H,1H3;1-2H3/t16?,17?,18-;;/m1../s1. The molecule has 0 radical (unpaired) electrons. The summed E-state index contributed by atoms with van der Waals surface area (Å²) in [6.07, 6.45) is 4.15. The van der Waals surface area contributed by atoms with Crippen molar-refractivity contribution in [2.45, 2.75) is 112 Å². The number of aromatic nitrogens is 2. The summed E-state index contributed by atoms with van der Waals surface area (Å²) in [7, 11) is 0. The van der Waals surface area contributed by atoms with Crippen molar-refractivity contribution in [2.75, 3.05) is 13.1 Å². The topological polar surface area (TPSA) is 38.1 Å².